The van der Waals surface area contributed by atoms with Crippen LogP contribution in [0.3, 0.4) is 0 Å². The maximum Gasteiger partial charge on any atom is 0.161 e. The predicted molar refractivity (Wildman–Crippen MR) is 58.7 cm³/mol. The van der Waals surface area contributed by atoms with Gasteiger partial charge in [-0.25, -0.2) is 0 Å². The number of rotatable bonds is 1. The van der Waals surface area contributed by atoms with Crippen molar-refractivity contribution in [3.63, 3.8) is 0 Å². The summed E-state index contributed by atoms with van der Waals surface area (Å²) in [5.74, 6) is 0.267. The molecule has 0 radical (unpaired) electrons. The fourth-order valence-electron chi connectivity index (χ4n) is 2.19. The highest BCUT2D eigenvalue weighted by Gasteiger charge is 2.31. The zero-order chi connectivity index (χ0) is 10.9. The summed E-state index contributed by atoms with van der Waals surface area (Å²) in [6.45, 7) is 6.72. The molecule has 15 heavy (non-hydrogen) atoms. The maximum atomic E-state index is 11.8. The van der Waals surface area contributed by atoms with Crippen LogP contribution in [-0.2, 0) is 9.53 Å². The van der Waals surface area contributed by atoms with E-state index in [0.29, 0.717) is 13.0 Å². The standard InChI is InChI=1S/C12H19NO2/c1-12(2)4-3-10(14)9(7-12)11-8-13-5-6-15-11/h7,11,13H,3-6,8H2,1-2H3. The monoisotopic (exact) mass is 209 g/mol. The molecule has 1 atom stereocenters. The molecule has 0 aromatic carbocycles. The average molecular weight is 209 g/mol. The van der Waals surface area contributed by atoms with Crippen LogP contribution in [-0.4, -0.2) is 31.6 Å². The second kappa shape index (κ2) is 4.06. The molecule has 1 heterocycles. The molecular formula is C12H19NO2. The van der Waals surface area contributed by atoms with Crippen molar-refractivity contribution in [2.24, 2.45) is 5.41 Å². The van der Waals surface area contributed by atoms with E-state index in [1.54, 1.807) is 0 Å². The van der Waals surface area contributed by atoms with Crippen LogP contribution in [0.1, 0.15) is 26.7 Å². The first-order valence-electron chi connectivity index (χ1n) is 5.67. The van der Waals surface area contributed by atoms with Crippen LogP contribution >= 0.6 is 0 Å². The van der Waals surface area contributed by atoms with Gasteiger partial charge in [0.2, 0.25) is 0 Å². The van der Waals surface area contributed by atoms with Gasteiger partial charge >= 0.3 is 0 Å². The van der Waals surface area contributed by atoms with E-state index in [0.717, 1.165) is 25.1 Å². The van der Waals surface area contributed by atoms with Gasteiger partial charge in [0.05, 0.1) is 12.7 Å². The van der Waals surface area contributed by atoms with E-state index < -0.39 is 0 Å². The number of ether oxygens (including phenoxy) is 1. The molecule has 0 aromatic rings. The van der Waals surface area contributed by atoms with Gasteiger partial charge in [-0.15, -0.1) is 0 Å². The number of morpholine rings is 1. The molecule has 1 fully saturated rings. The van der Waals surface area contributed by atoms with Gasteiger partial charge in [0.15, 0.2) is 5.78 Å². The largest absolute Gasteiger partial charge is 0.371 e. The van der Waals surface area contributed by atoms with Gasteiger partial charge < -0.3 is 10.1 Å². The number of ketones is 1. The summed E-state index contributed by atoms with van der Waals surface area (Å²) in [5, 5.41) is 3.26. The normalized spacial score (nSPS) is 31.2. The van der Waals surface area contributed by atoms with Crippen LogP contribution in [0.15, 0.2) is 11.6 Å². The number of nitrogens with one attached hydrogen (secondary N) is 1. The molecule has 1 unspecified atom stereocenters. The number of hydrogen-bond acceptors (Lipinski definition) is 3. The van der Waals surface area contributed by atoms with Gasteiger partial charge in [-0.1, -0.05) is 19.9 Å². The molecule has 2 rings (SSSR count). The number of hydrogen-bond donors (Lipinski definition) is 1. The molecule has 0 saturated carbocycles. The molecule has 1 N–H and O–H groups in total. The molecule has 0 amide bonds. The molecular weight excluding hydrogens is 190 g/mol. The Kier molecular flexibility index (Phi) is 2.94. The van der Waals surface area contributed by atoms with Gasteiger partial charge in [-0.05, 0) is 11.8 Å². The first-order chi connectivity index (χ1) is 7.08. The third-order valence-corrected chi connectivity index (χ3v) is 3.14. The van der Waals surface area contributed by atoms with E-state index in [2.05, 4.69) is 25.2 Å². The van der Waals surface area contributed by atoms with Crippen LogP contribution in [0, 0.1) is 5.41 Å². The molecule has 0 bridgehead atoms. The van der Waals surface area contributed by atoms with Gasteiger partial charge in [-0.3, -0.25) is 4.79 Å². The highest BCUT2D eigenvalue weighted by atomic mass is 16.5. The van der Waals surface area contributed by atoms with E-state index in [1.165, 1.54) is 0 Å². The third-order valence-electron chi connectivity index (χ3n) is 3.14. The van der Waals surface area contributed by atoms with Crippen molar-refractivity contribution >= 4 is 5.78 Å². The second-order valence-electron chi connectivity index (χ2n) is 5.07. The van der Waals surface area contributed by atoms with E-state index in [4.69, 9.17) is 4.74 Å². The fraction of sp³-hybridized carbons (Fsp3) is 0.750. The minimum atomic E-state index is -0.0224. The minimum absolute atomic E-state index is 0.0224. The Balaban J connectivity index is 2.17. The number of carbonyl (C=O) groups excluding carboxylic acids is 1. The smallest absolute Gasteiger partial charge is 0.161 e. The van der Waals surface area contributed by atoms with E-state index in [1.807, 2.05) is 0 Å². The third kappa shape index (κ3) is 2.47. The van der Waals surface area contributed by atoms with Crippen molar-refractivity contribution in [1.29, 1.82) is 0 Å². The van der Waals surface area contributed by atoms with Crippen molar-refractivity contribution in [1.82, 2.24) is 5.32 Å². The number of carbonyl (C=O) groups is 1. The summed E-state index contributed by atoms with van der Waals surface area (Å²) in [6.07, 6.45) is 3.70. The zero-order valence-electron chi connectivity index (χ0n) is 9.51. The molecule has 2 aliphatic rings. The zero-order valence-corrected chi connectivity index (χ0v) is 9.51. The quantitative estimate of drug-likeness (QED) is 0.707. The highest BCUT2D eigenvalue weighted by molar-refractivity contribution is 5.97. The Morgan fingerprint density at radius 3 is 3.00 bits per heavy atom. The van der Waals surface area contributed by atoms with E-state index in [-0.39, 0.29) is 17.3 Å². The molecule has 3 heteroatoms. The molecule has 1 aliphatic heterocycles. The lowest BCUT2D eigenvalue weighted by Gasteiger charge is -2.32. The summed E-state index contributed by atoms with van der Waals surface area (Å²) < 4.78 is 5.63. The lowest BCUT2D eigenvalue weighted by atomic mass is 9.77. The van der Waals surface area contributed by atoms with Crippen LogP contribution < -0.4 is 5.32 Å². The lowest BCUT2D eigenvalue weighted by Crippen LogP contribution is -2.42. The SMILES string of the molecule is CC1(C)C=C(C2CNCCO2)C(=O)CC1. The summed E-state index contributed by atoms with van der Waals surface area (Å²) >= 11 is 0. The Morgan fingerprint density at radius 2 is 2.33 bits per heavy atom. The highest BCUT2D eigenvalue weighted by Crippen LogP contribution is 2.33. The van der Waals surface area contributed by atoms with Crippen molar-refractivity contribution in [2.45, 2.75) is 32.8 Å². The first-order valence-corrected chi connectivity index (χ1v) is 5.67. The molecule has 3 nitrogen and oxygen atoms in total. The summed E-state index contributed by atoms with van der Waals surface area (Å²) in [5.41, 5.74) is 1.03. The summed E-state index contributed by atoms with van der Waals surface area (Å²) in [7, 11) is 0. The molecule has 0 spiro atoms. The Bertz CT molecular complexity index is 288. The predicted octanol–water partition coefficient (Wildman–Crippen LogP) is 1.29. The lowest BCUT2D eigenvalue weighted by molar-refractivity contribution is -0.118. The molecule has 0 aromatic heterocycles. The fourth-order valence-corrected chi connectivity index (χ4v) is 2.19. The number of allylic oxidation sites excluding steroid dienone is 1. The van der Waals surface area contributed by atoms with Crippen molar-refractivity contribution in [3.05, 3.63) is 11.6 Å². The molecule has 84 valence electrons. The van der Waals surface area contributed by atoms with Gasteiger partial charge in [-0.2, -0.15) is 0 Å². The van der Waals surface area contributed by atoms with Gasteiger partial charge in [0.1, 0.15) is 0 Å². The van der Waals surface area contributed by atoms with Crippen molar-refractivity contribution in [3.8, 4) is 0 Å². The van der Waals surface area contributed by atoms with Crippen LogP contribution in [0.2, 0.25) is 0 Å². The Morgan fingerprint density at radius 1 is 1.53 bits per heavy atom. The summed E-state index contributed by atoms with van der Waals surface area (Å²) in [4.78, 5) is 11.8. The molecule has 1 saturated heterocycles. The van der Waals surface area contributed by atoms with E-state index in [9.17, 15) is 4.79 Å². The van der Waals surface area contributed by atoms with E-state index >= 15 is 0 Å². The Labute approximate surface area is 90.9 Å². The topological polar surface area (TPSA) is 38.3 Å². The summed E-state index contributed by atoms with van der Waals surface area (Å²) in [6, 6.07) is 0. The minimum Gasteiger partial charge on any atom is -0.371 e. The van der Waals surface area contributed by atoms with Crippen molar-refractivity contribution in [2.75, 3.05) is 19.7 Å². The van der Waals surface area contributed by atoms with Gasteiger partial charge in [0, 0.05) is 25.1 Å². The first kappa shape index (κ1) is 10.8. The Hall–Kier alpha value is -0.670. The average Bonchev–Trinajstić information content (AvgIpc) is 2.23. The number of Topliss-reactive ketones (excluding diaryl/α,β-unsaturated/α-hetero) is 1. The van der Waals surface area contributed by atoms with Crippen LogP contribution in [0.5, 0.6) is 0 Å². The van der Waals surface area contributed by atoms with Crippen LogP contribution in [0.4, 0.5) is 0 Å². The van der Waals surface area contributed by atoms with Crippen molar-refractivity contribution < 1.29 is 9.53 Å². The van der Waals surface area contributed by atoms with Crippen LogP contribution in [0.25, 0.3) is 0 Å². The maximum absolute atomic E-state index is 11.8. The molecule has 1 aliphatic carbocycles. The van der Waals surface area contributed by atoms with Gasteiger partial charge in [0.25, 0.3) is 0 Å². The second-order valence-corrected chi connectivity index (χ2v) is 5.07.